The lowest BCUT2D eigenvalue weighted by molar-refractivity contribution is 0.0599. The summed E-state index contributed by atoms with van der Waals surface area (Å²) in [6.45, 7) is 0. The molecule has 0 aliphatic carbocycles. The molecule has 0 aliphatic heterocycles. The summed E-state index contributed by atoms with van der Waals surface area (Å²) in [6, 6.07) is 7.68. The monoisotopic (exact) mass is 326 g/mol. The lowest BCUT2D eigenvalue weighted by Crippen LogP contribution is -2.10. The molecule has 1 aromatic heterocycles. The SMILES string of the molecule is COC(=O)c1sc(OC)cc1OC(=O)c1ccc(Cl)cc1. The Balaban J connectivity index is 2.26. The van der Waals surface area contributed by atoms with Crippen LogP contribution in [0.4, 0.5) is 0 Å². The molecule has 0 fully saturated rings. The molecular formula is C14H11ClO5S. The fourth-order valence-electron chi connectivity index (χ4n) is 1.51. The van der Waals surface area contributed by atoms with E-state index < -0.39 is 11.9 Å². The number of thiophene rings is 1. The third-order valence-corrected chi connectivity index (χ3v) is 3.84. The van der Waals surface area contributed by atoms with E-state index >= 15 is 0 Å². The number of esters is 2. The van der Waals surface area contributed by atoms with Gasteiger partial charge in [0.2, 0.25) is 0 Å². The van der Waals surface area contributed by atoms with Gasteiger partial charge in [0.05, 0.1) is 19.8 Å². The molecule has 0 bridgehead atoms. The Morgan fingerprint density at radius 3 is 2.33 bits per heavy atom. The molecule has 2 aromatic rings. The molecule has 0 unspecified atom stereocenters. The van der Waals surface area contributed by atoms with Gasteiger partial charge in [0.1, 0.15) is 0 Å². The zero-order valence-corrected chi connectivity index (χ0v) is 12.8. The van der Waals surface area contributed by atoms with E-state index in [1.807, 2.05) is 0 Å². The average molecular weight is 327 g/mol. The molecule has 0 spiro atoms. The largest absolute Gasteiger partial charge is 0.487 e. The number of halogens is 1. The quantitative estimate of drug-likeness (QED) is 0.806. The van der Waals surface area contributed by atoms with Gasteiger partial charge in [-0.2, -0.15) is 0 Å². The van der Waals surface area contributed by atoms with Gasteiger partial charge in [-0.05, 0) is 24.3 Å². The summed E-state index contributed by atoms with van der Waals surface area (Å²) in [5, 5.41) is 0.952. The molecule has 0 N–H and O–H groups in total. The Bertz CT molecular complexity index is 663. The Morgan fingerprint density at radius 2 is 1.76 bits per heavy atom. The first-order valence-corrected chi connectivity index (χ1v) is 6.98. The van der Waals surface area contributed by atoms with E-state index in [0.29, 0.717) is 15.6 Å². The van der Waals surface area contributed by atoms with Crippen molar-refractivity contribution in [3.05, 3.63) is 45.8 Å². The Hall–Kier alpha value is -2.05. The first-order chi connectivity index (χ1) is 10.0. The van der Waals surface area contributed by atoms with Crippen LogP contribution in [0.3, 0.4) is 0 Å². The first kappa shape index (κ1) is 15.3. The summed E-state index contributed by atoms with van der Waals surface area (Å²) in [5.41, 5.74) is 0.320. The van der Waals surface area contributed by atoms with Gasteiger partial charge >= 0.3 is 11.9 Å². The van der Waals surface area contributed by atoms with Crippen LogP contribution in [0.25, 0.3) is 0 Å². The van der Waals surface area contributed by atoms with Crippen molar-refractivity contribution < 1.29 is 23.8 Å². The van der Waals surface area contributed by atoms with Gasteiger partial charge in [0, 0.05) is 11.1 Å². The molecule has 0 amide bonds. The molecule has 0 saturated heterocycles. The number of carbonyl (C=O) groups is 2. The summed E-state index contributed by atoms with van der Waals surface area (Å²) in [6.07, 6.45) is 0. The molecule has 1 aromatic carbocycles. The molecule has 2 rings (SSSR count). The number of rotatable bonds is 4. The maximum atomic E-state index is 12.0. The number of hydrogen-bond acceptors (Lipinski definition) is 6. The average Bonchev–Trinajstić information content (AvgIpc) is 2.90. The molecule has 0 saturated carbocycles. The smallest absolute Gasteiger partial charge is 0.352 e. The Labute approximate surface area is 130 Å². The van der Waals surface area contributed by atoms with Gasteiger partial charge in [-0.25, -0.2) is 9.59 Å². The van der Waals surface area contributed by atoms with Crippen LogP contribution >= 0.6 is 22.9 Å². The van der Waals surface area contributed by atoms with Gasteiger partial charge in [-0.3, -0.25) is 0 Å². The van der Waals surface area contributed by atoms with Crippen molar-refractivity contribution in [2.45, 2.75) is 0 Å². The molecule has 0 atom stereocenters. The number of carbonyl (C=O) groups excluding carboxylic acids is 2. The van der Waals surface area contributed by atoms with Gasteiger partial charge < -0.3 is 14.2 Å². The molecule has 7 heteroatoms. The van der Waals surface area contributed by atoms with Crippen molar-refractivity contribution in [1.29, 1.82) is 0 Å². The lowest BCUT2D eigenvalue weighted by atomic mass is 10.2. The van der Waals surface area contributed by atoms with Crippen molar-refractivity contribution in [3.63, 3.8) is 0 Å². The van der Waals surface area contributed by atoms with Crippen LogP contribution < -0.4 is 9.47 Å². The highest BCUT2D eigenvalue weighted by atomic mass is 35.5. The Kier molecular flexibility index (Phi) is 4.82. The predicted molar refractivity (Wildman–Crippen MR) is 78.6 cm³/mol. The van der Waals surface area contributed by atoms with Gasteiger partial charge in [0.15, 0.2) is 15.7 Å². The van der Waals surface area contributed by atoms with Gasteiger partial charge in [0.25, 0.3) is 0 Å². The highest BCUT2D eigenvalue weighted by molar-refractivity contribution is 7.16. The minimum absolute atomic E-state index is 0.101. The van der Waals surface area contributed by atoms with Crippen molar-refractivity contribution in [2.75, 3.05) is 14.2 Å². The van der Waals surface area contributed by atoms with Gasteiger partial charge in [-0.1, -0.05) is 22.9 Å². The zero-order valence-electron chi connectivity index (χ0n) is 11.2. The second-order valence-electron chi connectivity index (χ2n) is 3.85. The molecule has 1 heterocycles. The second kappa shape index (κ2) is 6.60. The third kappa shape index (κ3) is 3.53. The van der Waals surface area contributed by atoms with E-state index in [-0.39, 0.29) is 10.6 Å². The fraction of sp³-hybridized carbons (Fsp3) is 0.143. The summed E-state index contributed by atoms with van der Waals surface area (Å²) in [7, 11) is 2.71. The number of ether oxygens (including phenoxy) is 3. The van der Waals surface area contributed by atoms with E-state index in [1.54, 1.807) is 12.1 Å². The summed E-state index contributed by atoms with van der Waals surface area (Å²) in [5.74, 6) is -1.09. The van der Waals surface area contributed by atoms with Crippen molar-refractivity contribution in [2.24, 2.45) is 0 Å². The van der Waals surface area contributed by atoms with Crippen LogP contribution in [0, 0.1) is 0 Å². The maximum Gasteiger partial charge on any atom is 0.352 e. The van der Waals surface area contributed by atoms with E-state index in [1.165, 1.54) is 32.4 Å². The predicted octanol–water partition coefficient (Wildman–Crippen LogP) is 3.42. The highest BCUT2D eigenvalue weighted by Gasteiger charge is 2.21. The van der Waals surface area contributed by atoms with Crippen LogP contribution in [-0.4, -0.2) is 26.2 Å². The third-order valence-electron chi connectivity index (χ3n) is 2.53. The van der Waals surface area contributed by atoms with E-state index in [9.17, 15) is 9.59 Å². The second-order valence-corrected chi connectivity index (χ2v) is 5.30. The normalized spacial score (nSPS) is 10.0. The molecule has 110 valence electrons. The number of methoxy groups -OCH3 is 2. The van der Waals surface area contributed by atoms with Crippen LogP contribution in [0.1, 0.15) is 20.0 Å². The van der Waals surface area contributed by atoms with Crippen molar-refractivity contribution in [3.8, 4) is 10.8 Å². The molecule has 5 nitrogen and oxygen atoms in total. The molecule has 0 aliphatic rings. The standard InChI is InChI=1S/C14H11ClO5S/c1-18-11-7-10(12(21-11)14(17)19-2)20-13(16)8-3-5-9(15)6-4-8/h3-7H,1-2H3. The first-order valence-electron chi connectivity index (χ1n) is 5.79. The van der Waals surface area contributed by atoms with Crippen LogP contribution in [0.2, 0.25) is 5.02 Å². The number of benzene rings is 1. The lowest BCUT2D eigenvalue weighted by Gasteiger charge is -2.04. The fourth-order valence-corrected chi connectivity index (χ4v) is 2.45. The van der Waals surface area contributed by atoms with Crippen LogP contribution in [-0.2, 0) is 4.74 Å². The Morgan fingerprint density at radius 1 is 1.10 bits per heavy atom. The van der Waals surface area contributed by atoms with Crippen molar-refractivity contribution >= 4 is 34.9 Å². The topological polar surface area (TPSA) is 61.8 Å². The summed E-state index contributed by atoms with van der Waals surface area (Å²) >= 11 is 6.79. The highest BCUT2D eigenvalue weighted by Crippen LogP contribution is 2.35. The minimum Gasteiger partial charge on any atom is -0.487 e. The van der Waals surface area contributed by atoms with Crippen molar-refractivity contribution in [1.82, 2.24) is 0 Å². The van der Waals surface area contributed by atoms with Crippen LogP contribution in [0.5, 0.6) is 10.8 Å². The minimum atomic E-state index is -0.600. The van der Waals surface area contributed by atoms with Gasteiger partial charge in [-0.15, -0.1) is 0 Å². The van der Waals surface area contributed by atoms with Crippen LogP contribution in [0.15, 0.2) is 30.3 Å². The van der Waals surface area contributed by atoms with E-state index in [0.717, 1.165) is 11.3 Å². The maximum absolute atomic E-state index is 12.0. The van der Waals surface area contributed by atoms with E-state index in [4.69, 9.17) is 21.1 Å². The summed E-state index contributed by atoms with van der Waals surface area (Å²) < 4.78 is 14.9. The molecular weight excluding hydrogens is 316 g/mol. The van der Waals surface area contributed by atoms with E-state index in [2.05, 4.69) is 4.74 Å². The summed E-state index contributed by atoms with van der Waals surface area (Å²) in [4.78, 5) is 23.8. The molecule has 0 radical (unpaired) electrons. The zero-order chi connectivity index (χ0) is 15.4. The number of hydrogen-bond donors (Lipinski definition) is 0. The molecule has 21 heavy (non-hydrogen) atoms.